The van der Waals surface area contributed by atoms with Gasteiger partial charge in [-0.05, 0) is 47.0 Å². The van der Waals surface area contributed by atoms with Gasteiger partial charge in [0, 0.05) is 0 Å². The van der Waals surface area contributed by atoms with Gasteiger partial charge >= 0.3 is 5.97 Å². The lowest BCUT2D eigenvalue weighted by Crippen LogP contribution is -2.24. The van der Waals surface area contributed by atoms with Crippen LogP contribution in [0, 0.1) is 5.92 Å². The second kappa shape index (κ2) is 8.27. The van der Waals surface area contributed by atoms with Gasteiger partial charge < -0.3 is 14.6 Å². The molecule has 1 rings (SSSR count). The summed E-state index contributed by atoms with van der Waals surface area (Å²) in [5.41, 5.74) is 0.671. The number of methoxy groups -OCH3 is 1. The van der Waals surface area contributed by atoms with Gasteiger partial charge in [-0.1, -0.05) is 19.4 Å². The molecule has 0 bridgehead atoms. The van der Waals surface area contributed by atoms with Gasteiger partial charge in [0.15, 0.2) is 0 Å². The Bertz CT molecular complexity index is 447. The Labute approximate surface area is 128 Å². The topological polar surface area (TPSA) is 55.8 Å². The van der Waals surface area contributed by atoms with Crippen LogP contribution >= 0.6 is 15.9 Å². The SMILES string of the molecule is CCCC(C(=O)OCC)C(O)c1ccc(OC)c(Br)c1. The molecule has 0 fully saturated rings. The third-order valence-corrected chi connectivity index (χ3v) is 3.71. The molecule has 5 heteroatoms. The van der Waals surface area contributed by atoms with Gasteiger partial charge in [-0.15, -0.1) is 0 Å². The second-order valence-electron chi connectivity index (χ2n) is 4.49. The van der Waals surface area contributed by atoms with Gasteiger partial charge in [0.1, 0.15) is 5.75 Å². The molecule has 2 unspecified atom stereocenters. The average Bonchev–Trinajstić information content (AvgIpc) is 2.44. The van der Waals surface area contributed by atoms with Crippen LogP contribution in [0.25, 0.3) is 0 Å². The van der Waals surface area contributed by atoms with E-state index in [1.807, 2.05) is 6.92 Å². The molecule has 20 heavy (non-hydrogen) atoms. The number of rotatable bonds is 7. The number of benzene rings is 1. The lowest BCUT2D eigenvalue weighted by Gasteiger charge is -2.21. The molecule has 0 aliphatic carbocycles. The van der Waals surface area contributed by atoms with Gasteiger partial charge in [-0.25, -0.2) is 0 Å². The Hall–Kier alpha value is -1.07. The summed E-state index contributed by atoms with van der Waals surface area (Å²) in [6, 6.07) is 5.29. The third-order valence-electron chi connectivity index (χ3n) is 3.09. The first-order valence-electron chi connectivity index (χ1n) is 6.73. The number of hydrogen-bond acceptors (Lipinski definition) is 4. The van der Waals surface area contributed by atoms with Gasteiger partial charge in [0.05, 0.1) is 30.2 Å². The van der Waals surface area contributed by atoms with E-state index < -0.39 is 12.0 Å². The van der Waals surface area contributed by atoms with Crippen molar-refractivity contribution < 1.29 is 19.4 Å². The van der Waals surface area contributed by atoms with E-state index in [-0.39, 0.29) is 5.97 Å². The van der Waals surface area contributed by atoms with E-state index in [1.54, 1.807) is 32.2 Å². The quantitative estimate of drug-likeness (QED) is 0.769. The highest BCUT2D eigenvalue weighted by Gasteiger charge is 2.28. The number of ether oxygens (including phenoxy) is 2. The monoisotopic (exact) mass is 344 g/mol. The van der Waals surface area contributed by atoms with Gasteiger partial charge in [-0.2, -0.15) is 0 Å². The van der Waals surface area contributed by atoms with E-state index in [9.17, 15) is 9.90 Å². The summed E-state index contributed by atoms with van der Waals surface area (Å²) in [4.78, 5) is 11.9. The molecule has 0 aliphatic heterocycles. The number of esters is 1. The van der Waals surface area contributed by atoms with Crippen molar-refractivity contribution in [1.29, 1.82) is 0 Å². The normalized spacial score (nSPS) is 13.7. The van der Waals surface area contributed by atoms with Crippen molar-refractivity contribution in [2.75, 3.05) is 13.7 Å². The molecule has 1 N–H and O–H groups in total. The molecule has 2 atom stereocenters. The summed E-state index contributed by atoms with van der Waals surface area (Å²) >= 11 is 3.38. The van der Waals surface area contributed by atoms with Gasteiger partial charge in [0.25, 0.3) is 0 Å². The molecule has 4 nitrogen and oxygen atoms in total. The van der Waals surface area contributed by atoms with E-state index in [1.165, 1.54) is 0 Å². The van der Waals surface area contributed by atoms with E-state index in [2.05, 4.69) is 15.9 Å². The van der Waals surface area contributed by atoms with Crippen LogP contribution < -0.4 is 4.74 Å². The average molecular weight is 345 g/mol. The zero-order valence-corrected chi connectivity index (χ0v) is 13.6. The summed E-state index contributed by atoms with van der Waals surface area (Å²) in [6.45, 7) is 4.05. The van der Waals surface area contributed by atoms with E-state index in [0.717, 1.165) is 10.9 Å². The smallest absolute Gasteiger partial charge is 0.311 e. The predicted octanol–water partition coefficient (Wildman–Crippen LogP) is 3.47. The first-order valence-corrected chi connectivity index (χ1v) is 7.52. The summed E-state index contributed by atoms with van der Waals surface area (Å²) in [5.74, 6) is -0.210. The Morgan fingerprint density at radius 1 is 1.40 bits per heavy atom. The minimum absolute atomic E-state index is 0.318. The zero-order valence-electron chi connectivity index (χ0n) is 12.1. The van der Waals surface area contributed by atoms with Crippen LogP contribution in [-0.2, 0) is 9.53 Å². The maximum Gasteiger partial charge on any atom is 0.311 e. The van der Waals surface area contributed by atoms with Crippen molar-refractivity contribution in [3.05, 3.63) is 28.2 Å². The number of aliphatic hydroxyl groups excluding tert-OH is 1. The number of halogens is 1. The Kier molecular flexibility index (Phi) is 7.02. The number of hydrogen-bond donors (Lipinski definition) is 1. The van der Waals surface area contributed by atoms with Gasteiger partial charge in [0.2, 0.25) is 0 Å². The molecule has 1 aromatic carbocycles. The van der Waals surface area contributed by atoms with E-state index in [0.29, 0.717) is 24.3 Å². The highest BCUT2D eigenvalue weighted by molar-refractivity contribution is 9.10. The molecule has 112 valence electrons. The second-order valence-corrected chi connectivity index (χ2v) is 5.34. The van der Waals surface area contributed by atoms with Crippen molar-refractivity contribution >= 4 is 21.9 Å². The molecule has 0 saturated carbocycles. The lowest BCUT2D eigenvalue weighted by atomic mass is 9.92. The third kappa shape index (κ3) is 4.21. The summed E-state index contributed by atoms with van der Waals surface area (Å²) in [7, 11) is 1.58. The minimum Gasteiger partial charge on any atom is -0.496 e. The predicted molar refractivity (Wildman–Crippen MR) is 80.7 cm³/mol. The molecule has 1 aromatic rings. The van der Waals surface area contributed by atoms with Crippen LogP contribution in [-0.4, -0.2) is 24.8 Å². The summed E-state index contributed by atoms with van der Waals surface area (Å²) in [6.07, 6.45) is 0.512. The molecular formula is C15H21BrO4. The summed E-state index contributed by atoms with van der Waals surface area (Å²) < 4.78 is 10.9. The molecule has 0 aliphatic rings. The van der Waals surface area contributed by atoms with Crippen LogP contribution in [0.5, 0.6) is 5.75 Å². The van der Waals surface area contributed by atoms with Crippen LogP contribution in [0.15, 0.2) is 22.7 Å². The zero-order chi connectivity index (χ0) is 15.1. The Morgan fingerprint density at radius 2 is 2.10 bits per heavy atom. The maximum absolute atomic E-state index is 11.9. The lowest BCUT2D eigenvalue weighted by molar-refractivity contribution is -0.152. The van der Waals surface area contributed by atoms with Crippen LogP contribution in [0.2, 0.25) is 0 Å². The van der Waals surface area contributed by atoms with Crippen molar-refractivity contribution in [2.24, 2.45) is 5.92 Å². The molecule has 0 spiro atoms. The minimum atomic E-state index is -0.879. The fraction of sp³-hybridized carbons (Fsp3) is 0.533. The number of aliphatic hydroxyl groups is 1. The fourth-order valence-electron chi connectivity index (χ4n) is 2.06. The maximum atomic E-state index is 11.9. The standard InChI is InChI=1S/C15H21BrO4/c1-4-6-11(15(18)20-5-2)14(17)10-7-8-13(19-3)12(16)9-10/h7-9,11,14,17H,4-6H2,1-3H3. The van der Waals surface area contributed by atoms with Crippen LogP contribution in [0.4, 0.5) is 0 Å². The number of carbonyl (C=O) groups excluding carboxylic acids is 1. The first-order chi connectivity index (χ1) is 9.54. The Morgan fingerprint density at radius 3 is 2.60 bits per heavy atom. The highest BCUT2D eigenvalue weighted by atomic mass is 79.9. The van der Waals surface area contributed by atoms with Crippen molar-refractivity contribution in [2.45, 2.75) is 32.8 Å². The van der Waals surface area contributed by atoms with Gasteiger partial charge in [-0.3, -0.25) is 4.79 Å². The van der Waals surface area contributed by atoms with Crippen LogP contribution in [0.3, 0.4) is 0 Å². The van der Waals surface area contributed by atoms with Crippen molar-refractivity contribution in [1.82, 2.24) is 0 Å². The fourth-order valence-corrected chi connectivity index (χ4v) is 2.62. The molecule has 0 amide bonds. The summed E-state index contributed by atoms with van der Waals surface area (Å²) in [5, 5.41) is 10.4. The molecule has 0 heterocycles. The number of carbonyl (C=O) groups is 1. The van der Waals surface area contributed by atoms with Crippen LogP contribution in [0.1, 0.15) is 38.4 Å². The van der Waals surface area contributed by atoms with Crippen molar-refractivity contribution in [3.8, 4) is 5.75 Å². The molecular weight excluding hydrogens is 324 g/mol. The molecule has 0 aromatic heterocycles. The largest absolute Gasteiger partial charge is 0.496 e. The van der Waals surface area contributed by atoms with E-state index in [4.69, 9.17) is 9.47 Å². The highest BCUT2D eigenvalue weighted by Crippen LogP contribution is 2.32. The molecule has 0 radical (unpaired) electrons. The van der Waals surface area contributed by atoms with E-state index >= 15 is 0 Å². The van der Waals surface area contributed by atoms with Crippen molar-refractivity contribution in [3.63, 3.8) is 0 Å². The molecule has 0 saturated heterocycles. The first kappa shape index (κ1) is 17.0. The Balaban J connectivity index is 2.96.